The Labute approximate surface area is 106 Å². The summed E-state index contributed by atoms with van der Waals surface area (Å²) in [5.74, 6) is -0.387. The highest BCUT2D eigenvalue weighted by Crippen LogP contribution is 2.27. The van der Waals surface area contributed by atoms with Crippen molar-refractivity contribution in [2.45, 2.75) is 38.7 Å². The van der Waals surface area contributed by atoms with E-state index in [4.69, 9.17) is 9.84 Å². The van der Waals surface area contributed by atoms with E-state index in [-0.39, 0.29) is 5.92 Å². The Morgan fingerprint density at radius 3 is 2.89 bits per heavy atom. The van der Waals surface area contributed by atoms with E-state index < -0.39 is 11.6 Å². The summed E-state index contributed by atoms with van der Waals surface area (Å²) >= 11 is 0. The Morgan fingerprint density at radius 1 is 1.56 bits per heavy atom. The molecule has 1 aliphatic rings. The fourth-order valence-corrected chi connectivity index (χ4v) is 2.10. The molecule has 1 heterocycles. The van der Waals surface area contributed by atoms with E-state index in [0.717, 1.165) is 11.3 Å². The monoisotopic (exact) mass is 250 g/mol. The van der Waals surface area contributed by atoms with E-state index in [1.54, 1.807) is 13.3 Å². The number of aliphatic carboxylic acids is 1. The Balaban J connectivity index is 2.28. The molecule has 2 rings (SSSR count). The molecule has 5 heteroatoms. The van der Waals surface area contributed by atoms with Crippen LogP contribution in [0.25, 0.3) is 0 Å². The summed E-state index contributed by atoms with van der Waals surface area (Å²) in [7, 11) is 1.63. The number of hydrogen-bond acceptors (Lipinski definition) is 4. The van der Waals surface area contributed by atoms with Crippen molar-refractivity contribution in [3.05, 3.63) is 23.3 Å². The molecule has 1 unspecified atom stereocenters. The van der Waals surface area contributed by atoms with Gasteiger partial charge in [0.05, 0.1) is 5.92 Å². The van der Waals surface area contributed by atoms with Crippen LogP contribution < -0.4 is 0 Å². The summed E-state index contributed by atoms with van der Waals surface area (Å²) < 4.78 is 5.35. The summed E-state index contributed by atoms with van der Waals surface area (Å²) in [5, 5.41) is 9.02. The lowest BCUT2D eigenvalue weighted by Gasteiger charge is -2.25. The second kappa shape index (κ2) is 4.65. The van der Waals surface area contributed by atoms with Crippen molar-refractivity contribution in [3.63, 3.8) is 0 Å². The fraction of sp³-hybridized carbons (Fsp3) is 0.615. The van der Waals surface area contributed by atoms with Gasteiger partial charge in [0.25, 0.3) is 0 Å². The summed E-state index contributed by atoms with van der Waals surface area (Å²) in [5.41, 5.74) is 1.39. The molecule has 0 amide bonds. The average Bonchev–Trinajstić information content (AvgIpc) is 2.37. The van der Waals surface area contributed by atoms with Crippen molar-refractivity contribution >= 4 is 5.97 Å². The predicted octanol–water partition coefficient (Wildman–Crippen LogP) is 1.55. The van der Waals surface area contributed by atoms with Crippen LogP contribution in [-0.2, 0) is 28.0 Å². The van der Waals surface area contributed by atoms with E-state index in [0.29, 0.717) is 25.1 Å². The normalized spacial score (nSPS) is 19.4. The number of fused-ring (bicyclic) bond motifs is 1. The van der Waals surface area contributed by atoms with E-state index in [2.05, 4.69) is 9.97 Å². The number of aryl methyl sites for hydroxylation is 1. The van der Waals surface area contributed by atoms with Crippen LogP contribution in [0.1, 0.15) is 37.4 Å². The number of rotatable bonds is 3. The Kier molecular flexibility index (Phi) is 3.34. The minimum absolute atomic E-state index is 0.303. The molecule has 0 spiro atoms. The Bertz CT molecular complexity index is 471. The third-order valence-electron chi connectivity index (χ3n) is 3.55. The van der Waals surface area contributed by atoms with E-state index in [9.17, 15) is 4.79 Å². The zero-order valence-corrected chi connectivity index (χ0v) is 10.9. The highest BCUT2D eigenvalue weighted by atomic mass is 16.5. The van der Waals surface area contributed by atoms with Gasteiger partial charge in [-0.2, -0.15) is 0 Å². The molecule has 1 aromatic rings. The van der Waals surface area contributed by atoms with Crippen molar-refractivity contribution in [3.8, 4) is 0 Å². The third kappa shape index (κ3) is 2.36. The van der Waals surface area contributed by atoms with Crippen LogP contribution in [0.2, 0.25) is 0 Å². The van der Waals surface area contributed by atoms with Gasteiger partial charge in [0.2, 0.25) is 0 Å². The first-order valence-corrected chi connectivity index (χ1v) is 6.07. The molecule has 18 heavy (non-hydrogen) atoms. The molecule has 0 aromatic carbocycles. The van der Waals surface area contributed by atoms with Gasteiger partial charge in [0.15, 0.2) is 5.82 Å². The van der Waals surface area contributed by atoms with Crippen LogP contribution in [0.3, 0.4) is 0 Å². The molecule has 0 radical (unpaired) electrons. The minimum Gasteiger partial charge on any atom is -0.481 e. The van der Waals surface area contributed by atoms with Crippen LogP contribution in [0.15, 0.2) is 6.20 Å². The Morgan fingerprint density at radius 2 is 2.28 bits per heavy atom. The fourth-order valence-electron chi connectivity index (χ4n) is 2.10. The van der Waals surface area contributed by atoms with Crippen molar-refractivity contribution in [1.82, 2.24) is 9.97 Å². The second-order valence-electron chi connectivity index (χ2n) is 5.16. The van der Waals surface area contributed by atoms with Crippen molar-refractivity contribution in [2.75, 3.05) is 7.11 Å². The van der Waals surface area contributed by atoms with Crippen molar-refractivity contribution in [1.29, 1.82) is 0 Å². The maximum atomic E-state index is 11.0. The maximum absolute atomic E-state index is 11.0. The number of methoxy groups -OCH3 is 1. The lowest BCUT2D eigenvalue weighted by atomic mass is 9.87. The van der Waals surface area contributed by atoms with Gasteiger partial charge in [-0.15, -0.1) is 0 Å². The molecule has 0 saturated carbocycles. The number of hydrogen-bond donors (Lipinski definition) is 1. The van der Waals surface area contributed by atoms with E-state index in [1.165, 1.54) is 0 Å². The number of aromatic nitrogens is 2. The summed E-state index contributed by atoms with van der Waals surface area (Å²) in [6, 6.07) is 0. The summed E-state index contributed by atoms with van der Waals surface area (Å²) in [6.07, 6.45) is 3.61. The van der Waals surface area contributed by atoms with Crippen LogP contribution >= 0.6 is 0 Å². The quantitative estimate of drug-likeness (QED) is 0.881. The lowest BCUT2D eigenvalue weighted by Crippen LogP contribution is -2.27. The highest BCUT2D eigenvalue weighted by molar-refractivity contribution is 5.70. The molecule has 1 N–H and O–H groups in total. The summed E-state index contributed by atoms with van der Waals surface area (Å²) in [6.45, 7) is 3.83. The SMILES string of the molecule is COC(C)(C)c1ncc2c(n1)CCC(C(=O)O)C2. The number of carbonyl (C=O) groups is 1. The number of carboxylic acid groups (broad SMARTS) is 1. The molecular formula is C13H18N2O3. The Hall–Kier alpha value is -1.49. The van der Waals surface area contributed by atoms with Gasteiger partial charge in [0.1, 0.15) is 5.60 Å². The molecule has 0 aliphatic heterocycles. The first-order chi connectivity index (χ1) is 8.44. The van der Waals surface area contributed by atoms with Gasteiger partial charge in [-0.3, -0.25) is 4.79 Å². The molecule has 0 bridgehead atoms. The van der Waals surface area contributed by atoms with Gasteiger partial charge in [-0.05, 0) is 38.7 Å². The molecule has 1 aliphatic carbocycles. The number of ether oxygens (including phenoxy) is 1. The van der Waals surface area contributed by atoms with Crippen LogP contribution in [0, 0.1) is 5.92 Å². The zero-order chi connectivity index (χ0) is 13.3. The van der Waals surface area contributed by atoms with Gasteiger partial charge >= 0.3 is 5.97 Å². The second-order valence-corrected chi connectivity index (χ2v) is 5.16. The van der Waals surface area contributed by atoms with Gasteiger partial charge in [-0.1, -0.05) is 0 Å². The summed E-state index contributed by atoms with van der Waals surface area (Å²) in [4.78, 5) is 19.8. The first-order valence-electron chi connectivity index (χ1n) is 6.07. The third-order valence-corrected chi connectivity index (χ3v) is 3.55. The van der Waals surface area contributed by atoms with Gasteiger partial charge in [0, 0.05) is 19.0 Å². The van der Waals surface area contributed by atoms with Crippen molar-refractivity contribution in [2.24, 2.45) is 5.92 Å². The highest BCUT2D eigenvalue weighted by Gasteiger charge is 2.28. The van der Waals surface area contributed by atoms with Crippen LogP contribution in [0.4, 0.5) is 0 Å². The average molecular weight is 250 g/mol. The first kappa shape index (κ1) is 13.0. The molecular weight excluding hydrogens is 232 g/mol. The molecule has 98 valence electrons. The molecule has 1 atom stereocenters. The smallest absolute Gasteiger partial charge is 0.306 e. The molecule has 5 nitrogen and oxygen atoms in total. The van der Waals surface area contributed by atoms with Crippen molar-refractivity contribution < 1.29 is 14.6 Å². The van der Waals surface area contributed by atoms with E-state index >= 15 is 0 Å². The topological polar surface area (TPSA) is 72.3 Å². The largest absolute Gasteiger partial charge is 0.481 e. The number of nitrogens with zero attached hydrogens (tertiary/aromatic N) is 2. The maximum Gasteiger partial charge on any atom is 0.306 e. The number of carboxylic acids is 1. The van der Waals surface area contributed by atoms with Gasteiger partial charge in [-0.25, -0.2) is 9.97 Å². The van der Waals surface area contributed by atoms with Crippen LogP contribution in [0.5, 0.6) is 0 Å². The van der Waals surface area contributed by atoms with Gasteiger partial charge < -0.3 is 9.84 Å². The standard InChI is InChI=1S/C13H18N2O3/c1-13(2,18-3)12-14-7-9-6-8(11(16)17)4-5-10(9)15-12/h7-8H,4-6H2,1-3H3,(H,16,17). The van der Waals surface area contributed by atoms with E-state index in [1.807, 2.05) is 13.8 Å². The molecule has 1 aromatic heterocycles. The van der Waals surface area contributed by atoms with Crippen LogP contribution in [-0.4, -0.2) is 28.2 Å². The predicted molar refractivity (Wildman–Crippen MR) is 65.2 cm³/mol. The zero-order valence-electron chi connectivity index (χ0n) is 10.9. The lowest BCUT2D eigenvalue weighted by molar-refractivity contribution is -0.142. The minimum atomic E-state index is -0.734. The molecule has 0 fully saturated rings. The molecule has 0 saturated heterocycles.